The Hall–Kier alpha value is -1.06. The summed E-state index contributed by atoms with van der Waals surface area (Å²) in [5.74, 6) is 0.0508. The van der Waals surface area contributed by atoms with Gasteiger partial charge in [0.2, 0.25) is 0 Å². The second kappa shape index (κ2) is 5.51. The molecule has 0 unspecified atom stereocenters. The van der Waals surface area contributed by atoms with Gasteiger partial charge in [0, 0.05) is 30.2 Å². The third kappa shape index (κ3) is 3.28. The fraction of sp³-hybridized carbons (Fsp3) is 0.533. The molecular weight excluding hydrogens is 262 g/mol. The molecule has 104 valence electrons. The van der Waals surface area contributed by atoms with Crippen molar-refractivity contribution in [3.63, 3.8) is 0 Å². The van der Waals surface area contributed by atoms with Gasteiger partial charge in [-0.05, 0) is 44.4 Å². The fourth-order valence-corrected chi connectivity index (χ4v) is 2.91. The van der Waals surface area contributed by atoms with Gasteiger partial charge in [0.15, 0.2) is 0 Å². The molecule has 0 radical (unpaired) electrons. The number of hydrogen-bond donors (Lipinski definition) is 1. The van der Waals surface area contributed by atoms with E-state index in [4.69, 9.17) is 11.6 Å². The van der Waals surface area contributed by atoms with Crippen LogP contribution < -0.4 is 4.90 Å². The zero-order valence-corrected chi connectivity index (χ0v) is 12.2. The van der Waals surface area contributed by atoms with Gasteiger partial charge in [-0.3, -0.25) is 4.79 Å². The van der Waals surface area contributed by atoms with Gasteiger partial charge in [-0.1, -0.05) is 17.7 Å². The molecule has 1 heterocycles. The molecule has 0 spiro atoms. The summed E-state index contributed by atoms with van der Waals surface area (Å²) in [5.41, 5.74) is 1.37. The van der Waals surface area contributed by atoms with E-state index < -0.39 is 5.60 Å². The predicted octanol–water partition coefficient (Wildman–Crippen LogP) is 2.96. The molecule has 1 aliphatic heterocycles. The smallest absolute Gasteiger partial charge is 0.132 e. The molecule has 0 amide bonds. The first-order chi connectivity index (χ1) is 8.91. The number of ketones is 1. The Morgan fingerprint density at radius 3 is 2.63 bits per heavy atom. The average molecular weight is 282 g/mol. The Kier molecular flexibility index (Phi) is 4.16. The van der Waals surface area contributed by atoms with Crippen LogP contribution in [0.5, 0.6) is 0 Å². The number of carbonyl (C=O) groups excluding carboxylic acids is 1. The molecule has 1 N–H and O–H groups in total. The Bertz CT molecular complexity index is 479. The number of aliphatic hydroxyl groups is 1. The van der Waals surface area contributed by atoms with Crippen molar-refractivity contribution in [2.75, 3.05) is 18.0 Å². The zero-order valence-electron chi connectivity index (χ0n) is 11.4. The van der Waals surface area contributed by atoms with E-state index in [2.05, 4.69) is 11.0 Å². The number of nitrogens with zero attached hydrogens (tertiary/aromatic N) is 1. The highest BCUT2D eigenvalue weighted by atomic mass is 35.5. The number of hydrogen-bond acceptors (Lipinski definition) is 3. The first kappa shape index (κ1) is 14.4. The summed E-state index contributed by atoms with van der Waals surface area (Å²) >= 11 is 6.14. The highest BCUT2D eigenvalue weighted by Gasteiger charge is 2.33. The van der Waals surface area contributed by atoms with Gasteiger partial charge < -0.3 is 10.0 Å². The van der Waals surface area contributed by atoms with Crippen LogP contribution in [-0.4, -0.2) is 29.6 Å². The van der Waals surface area contributed by atoms with Gasteiger partial charge in [0.05, 0.1) is 5.60 Å². The normalized spacial score (nSPS) is 18.4. The minimum Gasteiger partial charge on any atom is -0.389 e. The van der Waals surface area contributed by atoms with Crippen molar-refractivity contribution in [2.24, 2.45) is 0 Å². The van der Waals surface area contributed by atoms with Gasteiger partial charge in [0.25, 0.3) is 0 Å². The van der Waals surface area contributed by atoms with E-state index in [9.17, 15) is 9.90 Å². The Labute approximate surface area is 119 Å². The molecule has 1 fully saturated rings. The number of anilines is 1. The van der Waals surface area contributed by atoms with E-state index in [0.29, 0.717) is 12.8 Å². The van der Waals surface area contributed by atoms with Gasteiger partial charge in [-0.25, -0.2) is 0 Å². The summed E-state index contributed by atoms with van der Waals surface area (Å²) in [6, 6.07) is 5.88. The van der Waals surface area contributed by atoms with Crippen molar-refractivity contribution in [2.45, 2.75) is 38.7 Å². The van der Waals surface area contributed by atoms with Crippen molar-refractivity contribution < 1.29 is 9.90 Å². The van der Waals surface area contributed by atoms with Crippen molar-refractivity contribution in [1.29, 1.82) is 0 Å². The molecule has 1 aliphatic rings. The molecule has 19 heavy (non-hydrogen) atoms. The molecule has 0 aliphatic carbocycles. The second-order valence-corrected chi connectivity index (χ2v) is 5.88. The van der Waals surface area contributed by atoms with Crippen LogP contribution in [0.25, 0.3) is 0 Å². The molecule has 1 aromatic carbocycles. The predicted molar refractivity (Wildman–Crippen MR) is 77.9 cm³/mol. The van der Waals surface area contributed by atoms with Crippen LogP contribution >= 0.6 is 11.6 Å². The van der Waals surface area contributed by atoms with E-state index in [-0.39, 0.29) is 12.2 Å². The standard InChI is InChI=1S/C15H20ClNO2/c1-11(18)10-15(19)6-8-17(9-7-15)14-5-3-4-13(16)12(14)2/h3-5,19H,6-10H2,1-2H3. The highest BCUT2D eigenvalue weighted by molar-refractivity contribution is 6.31. The number of carbonyl (C=O) groups is 1. The molecule has 1 saturated heterocycles. The molecule has 0 aromatic heterocycles. The van der Waals surface area contributed by atoms with Crippen LogP contribution in [0.1, 0.15) is 31.7 Å². The summed E-state index contributed by atoms with van der Waals surface area (Å²) in [4.78, 5) is 13.4. The summed E-state index contributed by atoms with van der Waals surface area (Å²) in [6.45, 7) is 5.05. The number of rotatable bonds is 3. The summed E-state index contributed by atoms with van der Waals surface area (Å²) in [6.07, 6.45) is 1.51. The van der Waals surface area contributed by atoms with E-state index in [1.54, 1.807) is 0 Å². The minimum absolute atomic E-state index is 0.0508. The average Bonchev–Trinajstić information content (AvgIpc) is 2.33. The lowest BCUT2D eigenvalue weighted by Gasteiger charge is -2.39. The molecule has 4 heteroatoms. The number of halogens is 1. The second-order valence-electron chi connectivity index (χ2n) is 5.47. The molecule has 0 bridgehead atoms. The third-order valence-electron chi connectivity index (χ3n) is 3.85. The maximum absolute atomic E-state index is 11.2. The van der Waals surface area contributed by atoms with Crippen molar-refractivity contribution in [1.82, 2.24) is 0 Å². The lowest BCUT2D eigenvalue weighted by atomic mass is 9.86. The Balaban J connectivity index is 2.08. The van der Waals surface area contributed by atoms with E-state index in [1.165, 1.54) is 6.92 Å². The monoisotopic (exact) mass is 281 g/mol. The topological polar surface area (TPSA) is 40.5 Å². The van der Waals surface area contributed by atoms with Gasteiger partial charge in [-0.15, -0.1) is 0 Å². The maximum Gasteiger partial charge on any atom is 0.132 e. The van der Waals surface area contributed by atoms with Crippen LogP contribution in [0.4, 0.5) is 5.69 Å². The lowest BCUT2D eigenvalue weighted by Crippen LogP contribution is -2.45. The lowest BCUT2D eigenvalue weighted by molar-refractivity contribution is -0.122. The molecule has 1 aromatic rings. The quantitative estimate of drug-likeness (QED) is 0.926. The van der Waals surface area contributed by atoms with Crippen molar-refractivity contribution in [3.8, 4) is 0 Å². The zero-order chi connectivity index (χ0) is 14.0. The Morgan fingerprint density at radius 1 is 1.42 bits per heavy atom. The van der Waals surface area contributed by atoms with Crippen LogP contribution in [0, 0.1) is 6.92 Å². The number of Topliss-reactive ketones (excluding diaryl/α,β-unsaturated/α-hetero) is 1. The highest BCUT2D eigenvalue weighted by Crippen LogP contribution is 2.32. The molecule has 0 saturated carbocycles. The SMILES string of the molecule is CC(=O)CC1(O)CCN(c2cccc(Cl)c2C)CC1. The van der Waals surface area contributed by atoms with E-state index in [1.807, 2.05) is 19.1 Å². The molecular formula is C15H20ClNO2. The largest absolute Gasteiger partial charge is 0.389 e. The summed E-state index contributed by atoms with van der Waals surface area (Å²) < 4.78 is 0. The van der Waals surface area contributed by atoms with Gasteiger partial charge in [-0.2, -0.15) is 0 Å². The van der Waals surface area contributed by atoms with E-state index in [0.717, 1.165) is 29.4 Å². The number of piperidine rings is 1. The summed E-state index contributed by atoms with van der Waals surface area (Å²) in [7, 11) is 0. The van der Waals surface area contributed by atoms with Crippen molar-refractivity contribution in [3.05, 3.63) is 28.8 Å². The van der Waals surface area contributed by atoms with Crippen molar-refractivity contribution >= 4 is 23.1 Å². The van der Waals surface area contributed by atoms with E-state index >= 15 is 0 Å². The van der Waals surface area contributed by atoms with Crippen LogP contribution in [0.15, 0.2) is 18.2 Å². The first-order valence-electron chi connectivity index (χ1n) is 6.63. The molecule has 3 nitrogen and oxygen atoms in total. The van der Waals surface area contributed by atoms with Crippen LogP contribution in [0.2, 0.25) is 5.02 Å². The number of benzene rings is 1. The van der Waals surface area contributed by atoms with Gasteiger partial charge >= 0.3 is 0 Å². The molecule has 2 rings (SSSR count). The third-order valence-corrected chi connectivity index (χ3v) is 4.26. The maximum atomic E-state index is 11.2. The fourth-order valence-electron chi connectivity index (χ4n) is 2.74. The van der Waals surface area contributed by atoms with Crippen LogP contribution in [0.3, 0.4) is 0 Å². The van der Waals surface area contributed by atoms with Crippen LogP contribution in [-0.2, 0) is 4.79 Å². The summed E-state index contributed by atoms with van der Waals surface area (Å²) in [5, 5.41) is 11.1. The molecule has 0 atom stereocenters. The first-order valence-corrected chi connectivity index (χ1v) is 7.01. The minimum atomic E-state index is -0.825. The Morgan fingerprint density at radius 2 is 2.05 bits per heavy atom. The van der Waals surface area contributed by atoms with Gasteiger partial charge in [0.1, 0.15) is 5.78 Å².